The zero-order valence-electron chi connectivity index (χ0n) is 15.2. The SMILES string of the molecule is CCCN1C(=O)S/C(=C/c2cc(Br)c(OCC(=O)OC)c(OCC)c2)C1=O. The highest BCUT2D eigenvalue weighted by atomic mass is 79.9. The van der Waals surface area contributed by atoms with Crippen molar-refractivity contribution in [2.24, 2.45) is 0 Å². The Balaban J connectivity index is 2.31. The number of methoxy groups -OCH3 is 1. The minimum atomic E-state index is -0.516. The van der Waals surface area contributed by atoms with Crippen LogP contribution in [0.3, 0.4) is 0 Å². The highest BCUT2D eigenvalue weighted by molar-refractivity contribution is 9.10. The van der Waals surface area contributed by atoms with Gasteiger partial charge in [0.1, 0.15) is 0 Å². The lowest BCUT2D eigenvalue weighted by Gasteiger charge is -2.14. The van der Waals surface area contributed by atoms with Crippen molar-refractivity contribution in [2.45, 2.75) is 20.3 Å². The van der Waals surface area contributed by atoms with Gasteiger partial charge in [0, 0.05) is 6.54 Å². The van der Waals surface area contributed by atoms with Crippen molar-refractivity contribution in [1.29, 1.82) is 0 Å². The molecule has 0 radical (unpaired) electrons. The van der Waals surface area contributed by atoms with Crippen LogP contribution in [0.4, 0.5) is 4.79 Å². The lowest BCUT2D eigenvalue weighted by atomic mass is 10.2. The van der Waals surface area contributed by atoms with E-state index in [4.69, 9.17) is 9.47 Å². The topological polar surface area (TPSA) is 82.1 Å². The summed E-state index contributed by atoms with van der Waals surface area (Å²) in [6.45, 7) is 4.25. The van der Waals surface area contributed by atoms with Gasteiger partial charge in [-0.05, 0) is 64.8 Å². The molecule has 1 saturated heterocycles. The Morgan fingerprint density at radius 1 is 1.26 bits per heavy atom. The standard InChI is InChI=1S/C18H20BrNO6S/c1-4-6-20-17(22)14(27-18(20)23)9-11-7-12(19)16(13(8-11)25-5-2)26-10-15(21)24-3/h7-9H,4-6,10H2,1-3H3/b14-9+. The highest BCUT2D eigenvalue weighted by Gasteiger charge is 2.34. The van der Waals surface area contributed by atoms with Crippen LogP contribution in [0.15, 0.2) is 21.5 Å². The van der Waals surface area contributed by atoms with Gasteiger partial charge >= 0.3 is 5.97 Å². The predicted molar refractivity (Wildman–Crippen MR) is 106 cm³/mol. The second-order valence-corrected chi connectivity index (χ2v) is 7.31. The molecule has 9 heteroatoms. The summed E-state index contributed by atoms with van der Waals surface area (Å²) in [5.74, 6) is -0.0433. The number of hydrogen-bond acceptors (Lipinski definition) is 7. The van der Waals surface area contributed by atoms with Gasteiger partial charge in [0.05, 0.1) is 23.1 Å². The second kappa shape index (κ2) is 9.80. The fraction of sp³-hybridized carbons (Fsp3) is 0.389. The summed E-state index contributed by atoms with van der Waals surface area (Å²) in [5.41, 5.74) is 0.665. The van der Waals surface area contributed by atoms with Crippen LogP contribution in [-0.4, -0.2) is 48.9 Å². The highest BCUT2D eigenvalue weighted by Crippen LogP contribution is 2.39. The van der Waals surface area contributed by atoms with Gasteiger partial charge in [-0.15, -0.1) is 0 Å². The third-order valence-electron chi connectivity index (χ3n) is 3.51. The number of rotatable bonds is 8. The van der Waals surface area contributed by atoms with E-state index >= 15 is 0 Å². The van der Waals surface area contributed by atoms with E-state index in [9.17, 15) is 14.4 Å². The van der Waals surface area contributed by atoms with Crippen molar-refractivity contribution in [3.05, 3.63) is 27.1 Å². The molecule has 0 saturated carbocycles. The fourth-order valence-corrected chi connectivity index (χ4v) is 3.77. The normalized spacial score (nSPS) is 15.4. The zero-order valence-corrected chi connectivity index (χ0v) is 17.6. The summed E-state index contributed by atoms with van der Waals surface area (Å²) in [4.78, 5) is 37.3. The van der Waals surface area contributed by atoms with Gasteiger partial charge in [0.15, 0.2) is 18.1 Å². The third kappa shape index (κ3) is 5.26. The molecule has 0 spiro atoms. The Labute approximate surface area is 170 Å². The summed E-state index contributed by atoms with van der Waals surface area (Å²) < 4.78 is 16.2. The lowest BCUT2D eigenvalue weighted by Crippen LogP contribution is -2.28. The van der Waals surface area contributed by atoms with Gasteiger partial charge in [0.2, 0.25) is 0 Å². The predicted octanol–water partition coefficient (Wildman–Crippen LogP) is 3.85. The molecule has 1 aliphatic heterocycles. The summed E-state index contributed by atoms with van der Waals surface area (Å²) in [6.07, 6.45) is 2.34. The summed E-state index contributed by atoms with van der Waals surface area (Å²) in [6, 6.07) is 3.41. The number of carbonyl (C=O) groups is 3. The monoisotopic (exact) mass is 457 g/mol. The number of ether oxygens (including phenoxy) is 3. The fourth-order valence-electron chi connectivity index (χ4n) is 2.33. The van der Waals surface area contributed by atoms with E-state index in [-0.39, 0.29) is 17.8 Å². The van der Waals surface area contributed by atoms with E-state index in [0.717, 1.165) is 11.8 Å². The first-order valence-corrected chi connectivity index (χ1v) is 9.93. The molecule has 2 rings (SSSR count). The van der Waals surface area contributed by atoms with Crippen LogP contribution in [0.1, 0.15) is 25.8 Å². The zero-order chi connectivity index (χ0) is 20.0. The number of imide groups is 1. The molecular formula is C18H20BrNO6S. The molecule has 146 valence electrons. The number of carbonyl (C=O) groups excluding carboxylic acids is 3. The Hall–Kier alpha value is -2.00. The number of benzene rings is 1. The molecule has 1 fully saturated rings. The molecule has 0 aliphatic carbocycles. The van der Waals surface area contributed by atoms with E-state index in [1.54, 1.807) is 18.2 Å². The van der Waals surface area contributed by atoms with Crippen molar-refractivity contribution in [3.8, 4) is 11.5 Å². The number of amides is 2. The average Bonchev–Trinajstić information content (AvgIpc) is 2.89. The summed E-state index contributed by atoms with van der Waals surface area (Å²) >= 11 is 4.31. The third-order valence-corrected chi connectivity index (χ3v) is 5.01. The molecule has 1 aromatic rings. The van der Waals surface area contributed by atoms with Gasteiger partial charge in [-0.25, -0.2) is 4.79 Å². The molecule has 0 atom stereocenters. The van der Waals surface area contributed by atoms with Crippen molar-refractivity contribution >= 4 is 50.9 Å². The number of thioether (sulfide) groups is 1. The number of nitrogens with zero attached hydrogens (tertiary/aromatic N) is 1. The smallest absolute Gasteiger partial charge is 0.343 e. The first kappa shape index (κ1) is 21.3. The first-order chi connectivity index (χ1) is 12.9. The molecule has 0 aromatic heterocycles. The number of hydrogen-bond donors (Lipinski definition) is 0. The van der Waals surface area contributed by atoms with Gasteiger partial charge in [0.25, 0.3) is 11.1 Å². The lowest BCUT2D eigenvalue weighted by molar-refractivity contribution is -0.143. The Kier molecular flexibility index (Phi) is 7.73. The van der Waals surface area contributed by atoms with Gasteiger partial charge in [-0.1, -0.05) is 6.92 Å². The Morgan fingerprint density at radius 2 is 2.00 bits per heavy atom. The molecular weight excluding hydrogens is 438 g/mol. The van der Waals surface area contributed by atoms with Crippen LogP contribution in [0.5, 0.6) is 11.5 Å². The summed E-state index contributed by atoms with van der Waals surface area (Å²) in [7, 11) is 1.28. The summed E-state index contributed by atoms with van der Waals surface area (Å²) in [5, 5.41) is -0.268. The van der Waals surface area contributed by atoms with Crippen LogP contribution >= 0.6 is 27.7 Å². The molecule has 1 aliphatic rings. The average molecular weight is 458 g/mol. The van der Waals surface area contributed by atoms with Crippen molar-refractivity contribution < 1.29 is 28.6 Å². The van der Waals surface area contributed by atoms with Crippen molar-refractivity contribution in [2.75, 3.05) is 26.9 Å². The Bertz CT molecular complexity index is 779. The first-order valence-electron chi connectivity index (χ1n) is 8.32. The molecule has 1 aromatic carbocycles. The van der Waals surface area contributed by atoms with E-state index in [1.165, 1.54) is 12.0 Å². The maximum atomic E-state index is 12.4. The number of esters is 1. The minimum Gasteiger partial charge on any atom is -0.490 e. The quantitative estimate of drug-likeness (QED) is 0.432. The van der Waals surface area contributed by atoms with E-state index in [1.807, 2.05) is 13.8 Å². The van der Waals surface area contributed by atoms with Crippen molar-refractivity contribution in [3.63, 3.8) is 0 Å². The molecule has 2 amide bonds. The molecule has 0 unspecified atom stereocenters. The molecule has 7 nitrogen and oxygen atoms in total. The Morgan fingerprint density at radius 3 is 2.63 bits per heavy atom. The van der Waals surface area contributed by atoms with Crippen LogP contribution in [0, 0.1) is 0 Å². The van der Waals surface area contributed by atoms with E-state index in [0.29, 0.717) is 46.0 Å². The van der Waals surface area contributed by atoms with Gasteiger partial charge in [-0.3, -0.25) is 14.5 Å². The minimum absolute atomic E-state index is 0.259. The van der Waals surface area contributed by atoms with Gasteiger partial charge in [-0.2, -0.15) is 0 Å². The van der Waals surface area contributed by atoms with Crippen LogP contribution in [-0.2, 0) is 14.3 Å². The van der Waals surface area contributed by atoms with Gasteiger partial charge < -0.3 is 14.2 Å². The van der Waals surface area contributed by atoms with E-state index < -0.39 is 5.97 Å². The molecule has 0 N–H and O–H groups in total. The maximum Gasteiger partial charge on any atom is 0.343 e. The van der Waals surface area contributed by atoms with Crippen LogP contribution in [0.2, 0.25) is 0 Å². The van der Waals surface area contributed by atoms with Crippen LogP contribution < -0.4 is 9.47 Å². The molecule has 27 heavy (non-hydrogen) atoms. The largest absolute Gasteiger partial charge is 0.490 e. The second-order valence-electron chi connectivity index (χ2n) is 5.46. The molecule has 0 bridgehead atoms. The molecule has 1 heterocycles. The number of halogens is 1. The van der Waals surface area contributed by atoms with Crippen LogP contribution in [0.25, 0.3) is 6.08 Å². The van der Waals surface area contributed by atoms with E-state index in [2.05, 4.69) is 20.7 Å². The van der Waals surface area contributed by atoms with Crippen molar-refractivity contribution in [1.82, 2.24) is 4.90 Å². The maximum absolute atomic E-state index is 12.4.